The summed E-state index contributed by atoms with van der Waals surface area (Å²) in [7, 11) is 0. The van der Waals surface area contributed by atoms with Gasteiger partial charge in [0.1, 0.15) is 5.15 Å². The minimum Gasteiger partial charge on any atom is -0.381 e. The maximum atomic E-state index is 5.88. The molecule has 0 saturated heterocycles. The van der Waals surface area contributed by atoms with Crippen molar-refractivity contribution >= 4 is 33.2 Å². The van der Waals surface area contributed by atoms with Crippen LogP contribution in [0.25, 0.3) is 0 Å². The first-order valence-corrected chi connectivity index (χ1v) is 7.21. The predicted molar refractivity (Wildman–Crippen MR) is 76.6 cm³/mol. The summed E-state index contributed by atoms with van der Waals surface area (Å²) in [6.45, 7) is 4.70. The van der Waals surface area contributed by atoms with Gasteiger partial charge in [0, 0.05) is 6.04 Å². The van der Waals surface area contributed by atoms with E-state index in [-0.39, 0.29) is 0 Å². The van der Waals surface area contributed by atoms with E-state index in [0.717, 1.165) is 10.2 Å². The van der Waals surface area contributed by atoms with Crippen molar-refractivity contribution in [2.75, 3.05) is 5.32 Å². The van der Waals surface area contributed by atoms with Crippen molar-refractivity contribution in [3.05, 3.63) is 21.9 Å². The van der Waals surface area contributed by atoms with Gasteiger partial charge < -0.3 is 5.32 Å². The van der Waals surface area contributed by atoms with Gasteiger partial charge in [-0.15, -0.1) is 0 Å². The van der Waals surface area contributed by atoms with Crippen LogP contribution in [0.5, 0.6) is 0 Å². The molecule has 0 radical (unpaired) electrons. The normalized spacial score (nSPS) is 20.2. The summed E-state index contributed by atoms with van der Waals surface area (Å²) in [5, 5.41) is 4.05. The number of anilines is 1. The molecule has 0 atom stereocenters. The highest BCUT2D eigenvalue weighted by molar-refractivity contribution is 9.10. The van der Waals surface area contributed by atoms with Gasteiger partial charge >= 0.3 is 0 Å². The molecule has 4 heteroatoms. The van der Waals surface area contributed by atoms with E-state index in [1.165, 1.54) is 25.7 Å². The lowest BCUT2D eigenvalue weighted by atomic mass is 9.75. The van der Waals surface area contributed by atoms with Gasteiger partial charge in [0.2, 0.25) is 0 Å². The standard InChI is InChI=1S/C13H18BrClN2/c1-13(2)5-3-9(4-6-13)17-10-7-11(14)12(15)16-8-10/h7-9,17H,3-6H2,1-2H3. The Morgan fingerprint density at radius 2 is 2.06 bits per heavy atom. The molecule has 1 aromatic rings. The van der Waals surface area contributed by atoms with E-state index < -0.39 is 0 Å². The molecule has 1 N–H and O–H groups in total. The first kappa shape index (κ1) is 13.2. The molecule has 1 aliphatic carbocycles. The molecular formula is C13H18BrClN2. The molecule has 1 heterocycles. The van der Waals surface area contributed by atoms with Crippen molar-refractivity contribution in [2.24, 2.45) is 5.41 Å². The van der Waals surface area contributed by atoms with Gasteiger partial charge in [-0.3, -0.25) is 0 Å². The Labute approximate surface area is 116 Å². The van der Waals surface area contributed by atoms with Gasteiger partial charge in [0.05, 0.1) is 16.4 Å². The largest absolute Gasteiger partial charge is 0.381 e. The quantitative estimate of drug-likeness (QED) is 0.786. The van der Waals surface area contributed by atoms with Crippen molar-refractivity contribution in [3.8, 4) is 0 Å². The Hall–Kier alpha value is -0.280. The van der Waals surface area contributed by atoms with Crippen LogP contribution in [0.4, 0.5) is 5.69 Å². The number of nitrogens with one attached hydrogen (secondary N) is 1. The summed E-state index contributed by atoms with van der Waals surface area (Å²) < 4.78 is 0.848. The molecule has 0 unspecified atom stereocenters. The highest BCUT2D eigenvalue weighted by Crippen LogP contribution is 2.36. The van der Waals surface area contributed by atoms with E-state index in [9.17, 15) is 0 Å². The third-order valence-corrected chi connectivity index (χ3v) is 4.64. The van der Waals surface area contributed by atoms with E-state index >= 15 is 0 Å². The molecule has 0 bridgehead atoms. The first-order valence-electron chi connectivity index (χ1n) is 6.04. The Kier molecular flexibility index (Phi) is 3.99. The number of pyridine rings is 1. The zero-order valence-electron chi connectivity index (χ0n) is 10.3. The average molecular weight is 318 g/mol. The van der Waals surface area contributed by atoms with Crippen LogP contribution in [0.15, 0.2) is 16.7 Å². The van der Waals surface area contributed by atoms with E-state index in [4.69, 9.17) is 11.6 Å². The third kappa shape index (κ3) is 3.59. The number of nitrogens with zero attached hydrogens (tertiary/aromatic N) is 1. The lowest BCUT2D eigenvalue weighted by Crippen LogP contribution is -2.29. The van der Waals surface area contributed by atoms with Crippen molar-refractivity contribution < 1.29 is 0 Å². The second kappa shape index (κ2) is 5.15. The van der Waals surface area contributed by atoms with Crippen LogP contribution in [-0.2, 0) is 0 Å². The molecule has 1 fully saturated rings. The fourth-order valence-electron chi connectivity index (χ4n) is 2.28. The van der Waals surface area contributed by atoms with E-state index in [2.05, 4.69) is 40.1 Å². The lowest BCUT2D eigenvalue weighted by Gasteiger charge is -2.35. The highest BCUT2D eigenvalue weighted by atomic mass is 79.9. The van der Waals surface area contributed by atoms with Crippen LogP contribution >= 0.6 is 27.5 Å². The van der Waals surface area contributed by atoms with Gasteiger partial charge in [0.15, 0.2) is 0 Å². The van der Waals surface area contributed by atoms with E-state index in [1.54, 1.807) is 6.20 Å². The molecular weight excluding hydrogens is 300 g/mol. The number of hydrogen-bond donors (Lipinski definition) is 1. The van der Waals surface area contributed by atoms with Gasteiger partial charge in [-0.05, 0) is 53.1 Å². The molecule has 1 saturated carbocycles. The van der Waals surface area contributed by atoms with Gasteiger partial charge in [-0.2, -0.15) is 0 Å². The summed E-state index contributed by atoms with van der Waals surface area (Å²) in [6.07, 6.45) is 6.83. The van der Waals surface area contributed by atoms with Crippen LogP contribution in [-0.4, -0.2) is 11.0 Å². The molecule has 17 heavy (non-hydrogen) atoms. The summed E-state index contributed by atoms with van der Waals surface area (Å²) in [5.74, 6) is 0. The molecule has 0 amide bonds. The number of rotatable bonds is 2. The molecule has 1 aliphatic rings. The monoisotopic (exact) mass is 316 g/mol. The topological polar surface area (TPSA) is 24.9 Å². The van der Waals surface area contributed by atoms with Gasteiger partial charge in [-0.25, -0.2) is 4.98 Å². The molecule has 2 nitrogen and oxygen atoms in total. The summed E-state index contributed by atoms with van der Waals surface area (Å²) in [5.41, 5.74) is 1.56. The van der Waals surface area contributed by atoms with Crippen LogP contribution in [0, 0.1) is 5.41 Å². The van der Waals surface area contributed by atoms with Crippen LogP contribution in [0.3, 0.4) is 0 Å². The lowest BCUT2D eigenvalue weighted by molar-refractivity contribution is 0.232. The smallest absolute Gasteiger partial charge is 0.143 e. The predicted octanol–water partition coefficient (Wildman–Crippen LogP) is 4.88. The Morgan fingerprint density at radius 3 is 2.65 bits per heavy atom. The van der Waals surface area contributed by atoms with Gasteiger partial charge in [-0.1, -0.05) is 25.4 Å². The first-order chi connectivity index (χ1) is 7.96. The number of hydrogen-bond acceptors (Lipinski definition) is 2. The molecule has 0 aromatic carbocycles. The summed E-state index contributed by atoms with van der Waals surface area (Å²) in [6, 6.07) is 2.56. The highest BCUT2D eigenvalue weighted by Gasteiger charge is 2.26. The van der Waals surface area contributed by atoms with Crippen molar-refractivity contribution in [3.63, 3.8) is 0 Å². The Morgan fingerprint density at radius 1 is 1.41 bits per heavy atom. The SMILES string of the molecule is CC1(C)CCC(Nc2cnc(Cl)c(Br)c2)CC1. The van der Waals surface area contributed by atoms with E-state index in [0.29, 0.717) is 16.6 Å². The van der Waals surface area contributed by atoms with Crippen molar-refractivity contribution in [1.29, 1.82) is 0 Å². The zero-order valence-corrected chi connectivity index (χ0v) is 12.6. The maximum absolute atomic E-state index is 5.88. The van der Waals surface area contributed by atoms with E-state index in [1.807, 2.05) is 6.07 Å². The second-order valence-corrected chi connectivity index (χ2v) is 6.79. The molecule has 94 valence electrons. The summed E-state index contributed by atoms with van der Waals surface area (Å²) in [4.78, 5) is 4.13. The maximum Gasteiger partial charge on any atom is 0.143 e. The molecule has 1 aromatic heterocycles. The van der Waals surface area contributed by atoms with Gasteiger partial charge in [0.25, 0.3) is 0 Å². The van der Waals surface area contributed by atoms with Crippen molar-refractivity contribution in [1.82, 2.24) is 4.98 Å². The number of halogens is 2. The fourth-order valence-corrected chi connectivity index (χ4v) is 2.73. The molecule has 0 spiro atoms. The fraction of sp³-hybridized carbons (Fsp3) is 0.615. The molecule has 2 rings (SSSR count). The Balaban J connectivity index is 1.95. The minimum atomic E-state index is 0.511. The Bertz CT molecular complexity index is 396. The molecule has 0 aliphatic heterocycles. The van der Waals surface area contributed by atoms with Crippen LogP contribution in [0.2, 0.25) is 5.15 Å². The van der Waals surface area contributed by atoms with Crippen molar-refractivity contribution in [2.45, 2.75) is 45.6 Å². The average Bonchev–Trinajstić information content (AvgIpc) is 2.27. The van der Waals surface area contributed by atoms with Crippen LogP contribution in [0.1, 0.15) is 39.5 Å². The zero-order chi connectivity index (χ0) is 12.5. The second-order valence-electron chi connectivity index (χ2n) is 5.58. The number of aromatic nitrogens is 1. The summed E-state index contributed by atoms with van der Waals surface area (Å²) >= 11 is 9.27. The van der Waals surface area contributed by atoms with Crippen LogP contribution < -0.4 is 5.32 Å². The minimum absolute atomic E-state index is 0.511. The third-order valence-electron chi connectivity index (χ3n) is 3.51.